The number of carboxylic acid groups (broad SMARTS) is 1. The number of halogens is 3. The van der Waals surface area contributed by atoms with Crippen molar-refractivity contribution in [2.75, 3.05) is 13.1 Å². The Morgan fingerprint density at radius 3 is 2.68 bits per heavy atom. The van der Waals surface area contributed by atoms with E-state index < -0.39 is 18.7 Å². The lowest BCUT2D eigenvalue weighted by Crippen LogP contribution is -2.33. The Hall–Kier alpha value is -1.34. The Kier molecular flexibility index (Phi) is 5.56. The second kappa shape index (κ2) is 6.72. The molecule has 19 heavy (non-hydrogen) atoms. The highest BCUT2D eigenvalue weighted by molar-refractivity contribution is 7.12. The largest absolute Gasteiger partial charge is 0.478 e. The maximum Gasteiger partial charge on any atom is 0.401 e. The zero-order valence-electron chi connectivity index (χ0n) is 10.3. The van der Waals surface area contributed by atoms with Gasteiger partial charge in [0.15, 0.2) is 0 Å². The SMILES string of the molecule is CCN(Cc1ccc(C=CC(=O)O)s1)CC(F)(F)F. The molecular formula is C12H14F3NO2S. The molecule has 3 nitrogen and oxygen atoms in total. The van der Waals surface area contributed by atoms with Crippen molar-refractivity contribution >= 4 is 23.4 Å². The van der Waals surface area contributed by atoms with Crippen LogP contribution in [-0.2, 0) is 11.3 Å². The second-order valence-corrected chi connectivity index (χ2v) is 5.09. The molecule has 0 unspecified atom stereocenters. The lowest BCUT2D eigenvalue weighted by Gasteiger charge is -2.20. The molecule has 0 atom stereocenters. The zero-order valence-corrected chi connectivity index (χ0v) is 11.1. The summed E-state index contributed by atoms with van der Waals surface area (Å²) in [5.74, 6) is -1.05. The number of thiophene rings is 1. The van der Waals surface area contributed by atoms with Crippen LogP contribution in [0.25, 0.3) is 6.08 Å². The lowest BCUT2D eigenvalue weighted by molar-refractivity contribution is -0.146. The van der Waals surface area contributed by atoms with Crippen LogP contribution in [-0.4, -0.2) is 35.2 Å². The fourth-order valence-electron chi connectivity index (χ4n) is 1.48. The fraction of sp³-hybridized carbons (Fsp3) is 0.417. The van der Waals surface area contributed by atoms with Crippen LogP contribution in [0.4, 0.5) is 13.2 Å². The van der Waals surface area contributed by atoms with E-state index in [-0.39, 0.29) is 6.54 Å². The van der Waals surface area contributed by atoms with Crippen LogP contribution in [0.2, 0.25) is 0 Å². The molecule has 1 rings (SSSR count). The first-order valence-electron chi connectivity index (χ1n) is 5.59. The Bertz CT molecular complexity index is 454. The van der Waals surface area contributed by atoms with Crippen molar-refractivity contribution in [3.05, 3.63) is 28.0 Å². The van der Waals surface area contributed by atoms with Crippen LogP contribution >= 0.6 is 11.3 Å². The number of rotatable bonds is 6. The minimum absolute atomic E-state index is 0.210. The maximum atomic E-state index is 12.3. The van der Waals surface area contributed by atoms with Crippen LogP contribution in [0.1, 0.15) is 16.7 Å². The van der Waals surface area contributed by atoms with Crippen molar-refractivity contribution < 1.29 is 23.1 Å². The molecular weight excluding hydrogens is 279 g/mol. The highest BCUT2D eigenvalue weighted by atomic mass is 32.1. The minimum Gasteiger partial charge on any atom is -0.478 e. The Balaban J connectivity index is 2.63. The van der Waals surface area contributed by atoms with Crippen molar-refractivity contribution in [1.29, 1.82) is 0 Å². The molecule has 0 spiro atoms. The van der Waals surface area contributed by atoms with Gasteiger partial charge in [-0.3, -0.25) is 4.90 Å². The molecule has 0 saturated heterocycles. The molecule has 0 radical (unpaired) electrons. The molecule has 7 heteroatoms. The van der Waals surface area contributed by atoms with E-state index in [4.69, 9.17) is 5.11 Å². The van der Waals surface area contributed by atoms with Gasteiger partial charge in [-0.1, -0.05) is 6.92 Å². The number of aliphatic carboxylic acids is 1. The summed E-state index contributed by atoms with van der Waals surface area (Å²) in [6, 6.07) is 3.41. The average Bonchev–Trinajstić information content (AvgIpc) is 2.71. The molecule has 0 aliphatic heterocycles. The maximum absolute atomic E-state index is 12.3. The van der Waals surface area contributed by atoms with Crippen LogP contribution in [0.5, 0.6) is 0 Å². The average molecular weight is 293 g/mol. The Labute approximate surface area is 113 Å². The number of hydrogen-bond donors (Lipinski definition) is 1. The number of nitrogens with zero attached hydrogens (tertiary/aromatic N) is 1. The molecule has 1 N–H and O–H groups in total. The third-order valence-corrected chi connectivity index (χ3v) is 3.34. The molecule has 0 bridgehead atoms. The van der Waals surface area contributed by atoms with Gasteiger partial charge in [0.2, 0.25) is 0 Å². The van der Waals surface area contributed by atoms with Crippen LogP contribution in [0.15, 0.2) is 18.2 Å². The first-order chi connectivity index (χ1) is 8.80. The topological polar surface area (TPSA) is 40.5 Å². The van der Waals surface area contributed by atoms with Crippen molar-refractivity contribution in [1.82, 2.24) is 4.90 Å². The summed E-state index contributed by atoms with van der Waals surface area (Å²) in [6.45, 7) is 1.24. The monoisotopic (exact) mass is 293 g/mol. The number of alkyl halides is 3. The molecule has 1 heterocycles. The molecule has 106 valence electrons. The summed E-state index contributed by atoms with van der Waals surface area (Å²) in [4.78, 5) is 13.1. The summed E-state index contributed by atoms with van der Waals surface area (Å²) >= 11 is 1.29. The van der Waals surface area contributed by atoms with E-state index in [0.717, 1.165) is 11.0 Å². The van der Waals surface area contributed by atoms with Gasteiger partial charge in [0.05, 0.1) is 6.54 Å². The number of carbonyl (C=O) groups is 1. The summed E-state index contributed by atoms with van der Waals surface area (Å²) < 4.78 is 36.9. The van der Waals surface area contributed by atoms with Gasteiger partial charge in [-0.05, 0) is 24.8 Å². The molecule has 0 saturated carbocycles. The van der Waals surface area contributed by atoms with E-state index in [2.05, 4.69) is 0 Å². The molecule has 0 amide bonds. The molecule has 1 aromatic rings. The fourth-order valence-corrected chi connectivity index (χ4v) is 2.43. The van der Waals surface area contributed by atoms with Crippen LogP contribution in [0.3, 0.4) is 0 Å². The molecule has 1 aromatic heterocycles. The predicted octanol–water partition coefficient (Wildman–Crippen LogP) is 3.23. The summed E-state index contributed by atoms with van der Waals surface area (Å²) in [5.41, 5.74) is 0. The van der Waals surface area contributed by atoms with E-state index >= 15 is 0 Å². The van der Waals surface area contributed by atoms with E-state index in [1.165, 1.54) is 22.3 Å². The smallest absolute Gasteiger partial charge is 0.401 e. The van der Waals surface area contributed by atoms with Gasteiger partial charge in [0.1, 0.15) is 0 Å². The molecule has 0 aliphatic rings. The van der Waals surface area contributed by atoms with E-state index in [0.29, 0.717) is 11.4 Å². The molecule has 0 aromatic carbocycles. The highest BCUT2D eigenvalue weighted by Gasteiger charge is 2.30. The van der Waals surface area contributed by atoms with E-state index in [9.17, 15) is 18.0 Å². The Morgan fingerprint density at radius 1 is 1.47 bits per heavy atom. The van der Waals surface area contributed by atoms with Gasteiger partial charge in [0, 0.05) is 22.4 Å². The normalized spacial score (nSPS) is 12.5. The zero-order chi connectivity index (χ0) is 14.5. The Morgan fingerprint density at radius 2 is 2.16 bits per heavy atom. The van der Waals surface area contributed by atoms with Gasteiger partial charge in [-0.2, -0.15) is 13.2 Å². The van der Waals surface area contributed by atoms with E-state index in [1.54, 1.807) is 19.1 Å². The second-order valence-electron chi connectivity index (χ2n) is 3.89. The van der Waals surface area contributed by atoms with E-state index in [1.807, 2.05) is 0 Å². The van der Waals surface area contributed by atoms with Crippen molar-refractivity contribution in [2.24, 2.45) is 0 Å². The predicted molar refractivity (Wildman–Crippen MR) is 68.0 cm³/mol. The number of carboxylic acids is 1. The van der Waals surface area contributed by atoms with Gasteiger partial charge < -0.3 is 5.11 Å². The summed E-state index contributed by atoms with van der Waals surface area (Å²) in [7, 11) is 0. The van der Waals surface area contributed by atoms with Crippen molar-refractivity contribution in [2.45, 2.75) is 19.6 Å². The van der Waals surface area contributed by atoms with Gasteiger partial charge in [0.25, 0.3) is 0 Å². The van der Waals surface area contributed by atoms with Gasteiger partial charge >= 0.3 is 12.1 Å². The third kappa shape index (κ3) is 6.40. The molecule has 0 fully saturated rings. The lowest BCUT2D eigenvalue weighted by atomic mass is 10.3. The van der Waals surface area contributed by atoms with Crippen molar-refractivity contribution in [3.63, 3.8) is 0 Å². The summed E-state index contributed by atoms with van der Waals surface area (Å²) in [6.07, 6.45) is -1.78. The van der Waals surface area contributed by atoms with Crippen LogP contribution < -0.4 is 0 Å². The third-order valence-electron chi connectivity index (χ3n) is 2.30. The quantitative estimate of drug-likeness (QED) is 0.819. The van der Waals surface area contributed by atoms with Gasteiger partial charge in [-0.15, -0.1) is 11.3 Å². The van der Waals surface area contributed by atoms with Crippen LogP contribution in [0, 0.1) is 0 Å². The van der Waals surface area contributed by atoms with Crippen molar-refractivity contribution in [3.8, 4) is 0 Å². The summed E-state index contributed by atoms with van der Waals surface area (Å²) in [5, 5.41) is 8.48. The first-order valence-corrected chi connectivity index (χ1v) is 6.40. The molecule has 0 aliphatic carbocycles. The standard InChI is InChI=1S/C12H14F3NO2S/c1-2-16(8-12(13,14)15)7-10-4-3-9(19-10)5-6-11(17)18/h3-6H,2,7-8H2,1H3,(H,17,18). The first kappa shape index (κ1) is 15.7. The highest BCUT2D eigenvalue weighted by Crippen LogP contribution is 2.22. The van der Waals surface area contributed by atoms with Gasteiger partial charge in [-0.25, -0.2) is 4.79 Å². The number of hydrogen-bond acceptors (Lipinski definition) is 3. The minimum atomic E-state index is -4.21.